The summed E-state index contributed by atoms with van der Waals surface area (Å²) >= 11 is 9.44. The Morgan fingerprint density at radius 1 is 1.00 bits per heavy atom. The highest BCUT2D eigenvalue weighted by molar-refractivity contribution is 9.10. The van der Waals surface area contributed by atoms with Crippen LogP contribution in [0.5, 0.6) is 0 Å². The molecule has 3 aromatic carbocycles. The number of hydrogen-bond acceptors (Lipinski definition) is 3. The number of carbonyl (C=O) groups excluding carboxylic acids is 1. The lowest BCUT2D eigenvalue weighted by atomic mass is 9.98. The van der Waals surface area contributed by atoms with E-state index in [-0.39, 0.29) is 27.9 Å². The van der Waals surface area contributed by atoms with E-state index in [1.807, 2.05) is 0 Å². The molecule has 0 N–H and O–H groups in total. The maximum Gasteiger partial charge on any atom is 0.295 e. The van der Waals surface area contributed by atoms with Crippen LogP contribution in [0.25, 0.3) is 11.0 Å². The SMILES string of the molecule is O=C1c2oc3ccc(Cl)cc3c(=O)c2C(c2ccccc2F)N1c1ccc(Br)cc1. The summed E-state index contributed by atoms with van der Waals surface area (Å²) in [5, 5.41) is 0.610. The molecule has 0 spiro atoms. The van der Waals surface area contributed by atoms with E-state index in [9.17, 15) is 14.0 Å². The van der Waals surface area contributed by atoms with Gasteiger partial charge in [-0.25, -0.2) is 4.39 Å². The van der Waals surface area contributed by atoms with Crippen molar-refractivity contribution in [3.63, 3.8) is 0 Å². The van der Waals surface area contributed by atoms with Gasteiger partial charge < -0.3 is 4.42 Å². The number of amides is 1. The third-order valence-corrected chi connectivity index (χ3v) is 5.90. The second-order valence-electron chi connectivity index (χ2n) is 6.89. The Morgan fingerprint density at radius 2 is 1.73 bits per heavy atom. The van der Waals surface area contributed by atoms with Crippen molar-refractivity contribution in [1.82, 2.24) is 0 Å². The summed E-state index contributed by atoms with van der Waals surface area (Å²) in [4.78, 5) is 28.2. The molecule has 4 nitrogen and oxygen atoms in total. The van der Waals surface area contributed by atoms with E-state index in [2.05, 4.69) is 15.9 Å². The molecule has 2 heterocycles. The normalized spacial score (nSPS) is 15.6. The average molecular weight is 485 g/mol. The second-order valence-corrected chi connectivity index (χ2v) is 8.24. The van der Waals surface area contributed by atoms with Crippen molar-refractivity contribution in [2.24, 2.45) is 0 Å². The molecule has 0 aliphatic carbocycles. The Balaban J connectivity index is 1.84. The number of anilines is 1. The van der Waals surface area contributed by atoms with Gasteiger partial charge in [0.15, 0.2) is 5.43 Å². The van der Waals surface area contributed by atoms with Crippen molar-refractivity contribution in [3.8, 4) is 0 Å². The average Bonchev–Trinajstić information content (AvgIpc) is 3.02. The molecule has 1 amide bonds. The van der Waals surface area contributed by atoms with Crippen LogP contribution in [-0.2, 0) is 0 Å². The summed E-state index contributed by atoms with van der Waals surface area (Å²) in [5.41, 5.74) is 0.671. The fourth-order valence-electron chi connectivity index (χ4n) is 3.80. The molecule has 5 rings (SSSR count). The first-order valence-electron chi connectivity index (χ1n) is 9.05. The fraction of sp³-hybridized carbons (Fsp3) is 0.0435. The van der Waals surface area contributed by atoms with Crippen molar-refractivity contribution >= 4 is 50.1 Å². The number of rotatable bonds is 2. The Morgan fingerprint density at radius 3 is 2.47 bits per heavy atom. The van der Waals surface area contributed by atoms with Crippen LogP contribution >= 0.6 is 27.5 Å². The lowest BCUT2D eigenvalue weighted by Crippen LogP contribution is -2.30. The van der Waals surface area contributed by atoms with E-state index in [1.54, 1.807) is 54.6 Å². The minimum Gasteiger partial charge on any atom is -0.450 e. The van der Waals surface area contributed by atoms with Gasteiger partial charge in [0, 0.05) is 20.7 Å². The molecule has 1 atom stereocenters. The molecule has 0 fully saturated rings. The van der Waals surface area contributed by atoms with Gasteiger partial charge in [-0.15, -0.1) is 0 Å². The van der Waals surface area contributed by atoms with Crippen LogP contribution in [0.3, 0.4) is 0 Å². The van der Waals surface area contributed by atoms with E-state index in [0.717, 1.165) is 4.47 Å². The highest BCUT2D eigenvalue weighted by Crippen LogP contribution is 2.42. The summed E-state index contributed by atoms with van der Waals surface area (Å²) in [6.45, 7) is 0. The van der Waals surface area contributed by atoms with Crippen LogP contribution in [0, 0.1) is 5.82 Å². The summed E-state index contributed by atoms with van der Waals surface area (Å²) in [6.07, 6.45) is 0. The molecule has 0 saturated heterocycles. The number of fused-ring (bicyclic) bond motifs is 2. The van der Waals surface area contributed by atoms with Crippen LogP contribution < -0.4 is 10.3 Å². The minimum absolute atomic E-state index is 0.0917. The van der Waals surface area contributed by atoms with Gasteiger partial charge in [0.05, 0.1) is 17.0 Å². The van der Waals surface area contributed by atoms with E-state index in [0.29, 0.717) is 10.7 Å². The first-order chi connectivity index (χ1) is 14.5. The van der Waals surface area contributed by atoms with E-state index in [4.69, 9.17) is 16.0 Å². The van der Waals surface area contributed by atoms with Gasteiger partial charge in [0.1, 0.15) is 11.4 Å². The Hall–Kier alpha value is -2.96. The zero-order chi connectivity index (χ0) is 21.0. The molecule has 0 saturated carbocycles. The summed E-state index contributed by atoms with van der Waals surface area (Å²) in [7, 11) is 0. The van der Waals surface area contributed by atoms with Gasteiger partial charge in [-0.05, 0) is 48.5 Å². The third-order valence-electron chi connectivity index (χ3n) is 5.14. The van der Waals surface area contributed by atoms with Gasteiger partial charge in [0.25, 0.3) is 5.91 Å². The molecule has 30 heavy (non-hydrogen) atoms. The standard InChI is InChI=1S/C23H12BrClFNO3/c24-12-5-8-14(9-6-12)27-20(15-3-1-2-4-17(15)26)19-21(28)16-11-13(25)7-10-18(16)30-22(19)23(27)29/h1-11,20H. The minimum atomic E-state index is -0.963. The van der Waals surface area contributed by atoms with Gasteiger partial charge >= 0.3 is 0 Å². The Kier molecular flexibility index (Phi) is 4.49. The maximum atomic E-state index is 14.8. The lowest BCUT2D eigenvalue weighted by Gasteiger charge is -2.25. The van der Waals surface area contributed by atoms with Crippen LogP contribution in [-0.4, -0.2) is 5.91 Å². The molecule has 148 valence electrons. The summed E-state index contributed by atoms with van der Waals surface area (Å²) in [6, 6.07) is 16.8. The lowest BCUT2D eigenvalue weighted by molar-refractivity contribution is 0.0971. The number of carbonyl (C=O) groups is 1. The smallest absolute Gasteiger partial charge is 0.295 e. The fourth-order valence-corrected chi connectivity index (χ4v) is 4.24. The molecular formula is C23H12BrClFNO3. The molecular weight excluding hydrogens is 473 g/mol. The predicted octanol–water partition coefficient (Wildman–Crippen LogP) is 6.10. The first kappa shape index (κ1) is 19.0. The van der Waals surface area contributed by atoms with E-state index < -0.39 is 23.2 Å². The molecule has 7 heteroatoms. The topological polar surface area (TPSA) is 50.5 Å². The zero-order valence-electron chi connectivity index (χ0n) is 15.2. The van der Waals surface area contributed by atoms with E-state index in [1.165, 1.54) is 17.0 Å². The molecule has 1 aromatic heterocycles. The van der Waals surface area contributed by atoms with E-state index >= 15 is 0 Å². The molecule has 0 radical (unpaired) electrons. The van der Waals surface area contributed by atoms with Crippen molar-refractivity contribution in [1.29, 1.82) is 0 Å². The molecule has 1 aliphatic heterocycles. The van der Waals surface area contributed by atoms with Crippen molar-refractivity contribution < 1.29 is 13.6 Å². The van der Waals surface area contributed by atoms with Crippen molar-refractivity contribution in [2.75, 3.05) is 4.90 Å². The number of halogens is 3. The first-order valence-corrected chi connectivity index (χ1v) is 10.2. The molecule has 1 unspecified atom stereocenters. The van der Waals surface area contributed by atoms with Crippen LogP contribution in [0.4, 0.5) is 10.1 Å². The molecule has 0 bridgehead atoms. The highest BCUT2D eigenvalue weighted by Gasteiger charge is 2.44. The predicted molar refractivity (Wildman–Crippen MR) is 117 cm³/mol. The largest absolute Gasteiger partial charge is 0.450 e. The second kappa shape index (κ2) is 7.07. The van der Waals surface area contributed by atoms with Crippen LogP contribution in [0.15, 0.2) is 80.4 Å². The Bertz CT molecular complexity index is 1380. The van der Waals surface area contributed by atoms with Gasteiger partial charge in [-0.3, -0.25) is 14.5 Å². The number of nitrogens with zero attached hydrogens (tertiary/aromatic N) is 1. The monoisotopic (exact) mass is 483 g/mol. The summed E-state index contributed by atoms with van der Waals surface area (Å²) in [5.74, 6) is -1.11. The van der Waals surface area contributed by atoms with Crippen LogP contribution in [0.2, 0.25) is 5.02 Å². The zero-order valence-corrected chi connectivity index (χ0v) is 17.6. The number of hydrogen-bond donors (Lipinski definition) is 0. The van der Waals surface area contributed by atoms with Crippen LogP contribution in [0.1, 0.15) is 27.7 Å². The maximum absolute atomic E-state index is 14.8. The molecule has 4 aromatic rings. The van der Waals surface area contributed by atoms with Gasteiger partial charge in [-0.1, -0.05) is 45.7 Å². The summed E-state index contributed by atoms with van der Waals surface area (Å²) < 4.78 is 21.5. The van der Waals surface area contributed by atoms with Crippen molar-refractivity contribution in [2.45, 2.75) is 6.04 Å². The molecule has 1 aliphatic rings. The highest BCUT2D eigenvalue weighted by atomic mass is 79.9. The Labute approximate surface area is 183 Å². The third kappa shape index (κ3) is 2.87. The quantitative estimate of drug-likeness (QED) is 0.345. The van der Waals surface area contributed by atoms with Gasteiger partial charge in [0.2, 0.25) is 5.76 Å². The number of benzene rings is 3. The van der Waals surface area contributed by atoms with Gasteiger partial charge in [-0.2, -0.15) is 0 Å². The van der Waals surface area contributed by atoms with Crippen molar-refractivity contribution in [3.05, 3.63) is 109 Å².